The van der Waals surface area contributed by atoms with Gasteiger partial charge in [-0.1, -0.05) is 6.04 Å². The van der Waals surface area contributed by atoms with E-state index < -0.39 is 0 Å². The van der Waals surface area contributed by atoms with E-state index in [1.54, 1.807) is 0 Å². The second kappa shape index (κ2) is 14.4. The summed E-state index contributed by atoms with van der Waals surface area (Å²) in [6.07, 6.45) is 1.11. The fourth-order valence-electron chi connectivity index (χ4n) is 0.601. The van der Waals surface area contributed by atoms with Crippen LogP contribution in [0.4, 0.5) is 0 Å². The zero-order valence-electron chi connectivity index (χ0n) is 7.25. The Morgan fingerprint density at radius 1 is 1.33 bits per heavy atom. The normalized spacial score (nSPS) is 18.2. The van der Waals surface area contributed by atoms with E-state index in [4.69, 9.17) is 4.74 Å². The van der Waals surface area contributed by atoms with Gasteiger partial charge in [0, 0.05) is 128 Å². The van der Waals surface area contributed by atoms with Crippen molar-refractivity contribution < 1.29 is 103 Å². The van der Waals surface area contributed by atoms with Crippen LogP contribution in [0.15, 0.2) is 0 Å². The predicted molar refractivity (Wildman–Crippen MR) is 37.8 cm³/mol. The molecule has 0 bridgehead atoms. The van der Waals surface area contributed by atoms with Crippen molar-refractivity contribution in [2.75, 3.05) is 19.8 Å². The van der Waals surface area contributed by atoms with E-state index in [-0.39, 0.29) is 98.1 Å². The molecule has 0 aromatic rings. The third-order valence-electron chi connectivity index (χ3n) is 1.28. The minimum Gasteiger partial charge on any atom is -0.380 e. The molecular weight excluding hydrogens is 397 g/mol. The van der Waals surface area contributed by atoms with E-state index in [1.807, 2.05) is 0 Å². The van der Waals surface area contributed by atoms with Crippen LogP contribution in [0.3, 0.4) is 0 Å². The van der Waals surface area contributed by atoms with Gasteiger partial charge in [0.1, 0.15) is 0 Å². The first-order chi connectivity index (χ1) is 4.43. The average Bonchev–Trinajstić information content (AvgIpc) is 2.63. The van der Waals surface area contributed by atoms with Gasteiger partial charge in [0.05, 0.1) is 6.61 Å². The minimum atomic E-state index is 0. The summed E-state index contributed by atoms with van der Waals surface area (Å²) in [4.78, 5) is 0. The number of nitrogens with one attached hydrogen (secondary N) is 1. The molecule has 0 saturated carbocycles. The van der Waals surface area contributed by atoms with Crippen LogP contribution in [0.2, 0.25) is 6.04 Å². The molecule has 1 heterocycles. The van der Waals surface area contributed by atoms with Crippen LogP contribution >= 0.6 is 0 Å². The largest absolute Gasteiger partial charge is 0.380 e. The molecule has 2 nitrogen and oxygen atoms in total. The monoisotopic (exact) mass is 409 g/mol. The minimum absolute atomic E-state index is 0. The Kier molecular flexibility index (Phi) is 25.1. The summed E-state index contributed by atoms with van der Waals surface area (Å²) >= 11 is 0. The Labute approximate surface area is 154 Å². The van der Waals surface area contributed by atoms with Crippen molar-refractivity contribution in [2.45, 2.75) is 18.5 Å². The van der Waals surface area contributed by atoms with E-state index in [0.29, 0.717) is 6.04 Å². The van der Waals surface area contributed by atoms with Gasteiger partial charge in [-0.25, -0.2) is 0 Å². The van der Waals surface area contributed by atoms with Crippen molar-refractivity contribution in [3.05, 3.63) is 0 Å². The Morgan fingerprint density at radius 2 is 1.92 bits per heavy atom. The molecule has 0 aliphatic carbocycles. The molecule has 1 atom stereocenters. The zero-order valence-corrected chi connectivity index (χ0v) is 16.8. The second-order valence-corrected chi connectivity index (χ2v) is 2.78. The van der Waals surface area contributed by atoms with Crippen molar-refractivity contribution >= 4 is 10.2 Å². The van der Waals surface area contributed by atoms with Crippen LogP contribution in [0.25, 0.3) is 0 Å². The maximum absolute atomic E-state index is 5.30. The summed E-state index contributed by atoms with van der Waals surface area (Å²) in [6.45, 7) is 2.93. The van der Waals surface area contributed by atoms with Gasteiger partial charge in [0.25, 0.3) is 0 Å². The molecule has 1 rings (SSSR count). The van der Waals surface area contributed by atoms with Crippen molar-refractivity contribution in [1.29, 1.82) is 0 Å². The second-order valence-electron chi connectivity index (χ2n) is 2.28. The van der Waals surface area contributed by atoms with E-state index in [0.717, 1.165) is 32.2 Å². The average molecular weight is 409 g/mol. The molecule has 1 aliphatic rings. The maximum atomic E-state index is 5.30. The zero-order chi connectivity index (χ0) is 6.53. The van der Waals surface area contributed by atoms with Crippen LogP contribution in [0.1, 0.15) is 6.42 Å². The number of ether oxygens (including phenoxy) is 1. The molecule has 0 aromatic carbocycles. The molecule has 0 spiro atoms. The molecule has 1 fully saturated rings. The summed E-state index contributed by atoms with van der Waals surface area (Å²) < 4.78 is 5.30. The van der Waals surface area contributed by atoms with E-state index in [9.17, 15) is 0 Å². The number of rotatable bonds is 5. The fraction of sp³-hybridized carbons (Fsp3) is 1.00. The first kappa shape index (κ1) is 20.8. The Bertz CT molecular complexity index is 85.2. The molecule has 0 amide bonds. The summed E-state index contributed by atoms with van der Waals surface area (Å²) in [6, 6.07) is 1.71. The van der Waals surface area contributed by atoms with Gasteiger partial charge >= 0.3 is 0 Å². The summed E-state index contributed by atoms with van der Waals surface area (Å²) in [5, 5.41) is 3.17. The molecule has 1 unspecified atom stereocenters. The molecule has 60 valence electrons. The van der Waals surface area contributed by atoms with Gasteiger partial charge in [-0.15, -0.1) is 0 Å². The SMILES string of the molecule is [Si]CCCOCC1CN1.[Y].[Y].[Y]. The van der Waals surface area contributed by atoms with Gasteiger partial charge in [-0.05, 0) is 6.42 Å². The first-order valence-corrected chi connectivity index (χ1v) is 4.10. The smallest absolute Gasteiger partial charge is 0.0632 e. The van der Waals surface area contributed by atoms with Crippen molar-refractivity contribution in [3.8, 4) is 0 Å². The van der Waals surface area contributed by atoms with E-state index in [1.165, 1.54) is 0 Å². The molecule has 1 aliphatic heterocycles. The van der Waals surface area contributed by atoms with Gasteiger partial charge in [-0.2, -0.15) is 0 Å². The van der Waals surface area contributed by atoms with Crippen molar-refractivity contribution in [2.24, 2.45) is 0 Å². The van der Waals surface area contributed by atoms with Gasteiger partial charge < -0.3 is 10.1 Å². The van der Waals surface area contributed by atoms with Crippen LogP contribution in [0.5, 0.6) is 0 Å². The number of hydrogen-bond donors (Lipinski definition) is 1. The molecule has 1 saturated heterocycles. The fourth-order valence-corrected chi connectivity index (χ4v) is 0.745. The quantitative estimate of drug-likeness (QED) is 0.393. The van der Waals surface area contributed by atoms with E-state index in [2.05, 4.69) is 15.6 Å². The molecular formula is C6H12NOSiY3. The molecule has 1 N–H and O–H groups in total. The Hall–Kier alpha value is 3.45. The van der Waals surface area contributed by atoms with Gasteiger partial charge in [0.2, 0.25) is 0 Å². The summed E-state index contributed by atoms with van der Waals surface area (Å²) in [5.41, 5.74) is 0. The van der Waals surface area contributed by atoms with Crippen LogP contribution in [-0.4, -0.2) is 36.0 Å². The summed E-state index contributed by atoms with van der Waals surface area (Å²) in [7, 11) is 3.38. The summed E-state index contributed by atoms with van der Waals surface area (Å²) in [5.74, 6) is 0. The Morgan fingerprint density at radius 3 is 2.33 bits per heavy atom. The standard InChI is InChI=1S/C6H12NOSi.3Y/c9-3-1-2-8-5-6-4-7-6;;;/h6-7H,1-5H2;;;. The number of hydrogen-bond acceptors (Lipinski definition) is 2. The molecule has 6 radical (unpaired) electrons. The van der Waals surface area contributed by atoms with Crippen LogP contribution in [0, 0.1) is 0 Å². The maximum Gasteiger partial charge on any atom is 0.0632 e. The van der Waals surface area contributed by atoms with Crippen LogP contribution < -0.4 is 5.32 Å². The Balaban J connectivity index is -0.000000270. The first-order valence-electron chi connectivity index (χ1n) is 3.39. The third-order valence-corrected chi connectivity index (χ3v) is 1.63. The van der Waals surface area contributed by atoms with Gasteiger partial charge in [0.15, 0.2) is 0 Å². The topological polar surface area (TPSA) is 31.2 Å². The van der Waals surface area contributed by atoms with Crippen molar-refractivity contribution in [1.82, 2.24) is 5.32 Å². The molecule has 6 heteroatoms. The van der Waals surface area contributed by atoms with E-state index >= 15 is 0 Å². The van der Waals surface area contributed by atoms with Gasteiger partial charge in [-0.3, -0.25) is 0 Å². The molecule has 0 aromatic heterocycles. The van der Waals surface area contributed by atoms with Crippen LogP contribution in [-0.2, 0) is 103 Å². The molecule has 12 heavy (non-hydrogen) atoms. The third kappa shape index (κ3) is 13.4. The predicted octanol–water partition coefficient (Wildman–Crippen LogP) is -0.0558. The van der Waals surface area contributed by atoms with Crippen molar-refractivity contribution in [3.63, 3.8) is 0 Å².